The van der Waals surface area contributed by atoms with Gasteiger partial charge in [-0.15, -0.1) is 0 Å². The normalized spacial score (nSPS) is 62.2. The third kappa shape index (κ3) is 1.31. The second-order valence-corrected chi connectivity index (χ2v) is 7.57. The quantitative estimate of drug-likeness (QED) is 0.533. The number of hydrogen-bond donors (Lipinski definition) is 0. The minimum atomic E-state index is 0.658. The highest BCUT2D eigenvalue weighted by Crippen LogP contribution is 2.55. The molecule has 0 aliphatic heterocycles. The van der Waals surface area contributed by atoms with Crippen LogP contribution in [0.3, 0.4) is 0 Å². The van der Waals surface area contributed by atoms with Crippen molar-refractivity contribution in [2.75, 3.05) is 0 Å². The smallest absolute Gasteiger partial charge is 0.0313 e. The van der Waals surface area contributed by atoms with E-state index in [0.29, 0.717) is 19.3 Å². The topological polar surface area (TPSA) is 0 Å². The van der Waals surface area contributed by atoms with Gasteiger partial charge in [0.25, 0.3) is 0 Å². The summed E-state index contributed by atoms with van der Waals surface area (Å²) >= 11 is 14.9. The van der Waals surface area contributed by atoms with Gasteiger partial charge >= 0.3 is 0 Å². The lowest BCUT2D eigenvalue weighted by Gasteiger charge is -2.30. The third-order valence-corrected chi connectivity index (χ3v) is 9.20. The molecule has 0 N–H and O–H groups in total. The zero-order valence-corrected chi connectivity index (χ0v) is 12.0. The molecule has 2 bridgehead atoms. The summed E-state index contributed by atoms with van der Waals surface area (Å²) < 4.78 is 0. The lowest BCUT2D eigenvalue weighted by atomic mass is 10.0. The van der Waals surface area contributed by atoms with Crippen molar-refractivity contribution >= 4 is 63.7 Å². The molecule has 4 unspecified atom stereocenters. The Kier molecular flexibility index (Phi) is 2.80. The minimum absolute atomic E-state index is 0.658. The van der Waals surface area contributed by atoms with Gasteiger partial charge in [-0.25, -0.2) is 0 Å². The Morgan fingerprint density at radius 3 is 1.09 bits per heavy atom. The first-order valence-electron chi connectivity index (χ1n) is 3.69. The number of hydrogen-bond acceptors (Lipinski definition) is 0. The van der Waals surface area contributed by atoms with Crippen molar-refractivity contribution < 1.29 is 0 Å². The summed E-state index contributed by atoms with van der Waals surface area (Å²) in [5.41, 5.74) is 0. The Labute approximate surface area is 100 Å². The van der Waals surface area contributed by atoms with E-state index in [4.69, 9.17) is 0 Å². The van der Waals surface area contributed by atoms with Crippen molar-refractivity contribution in [1.82, 2.24) is 0 Å². The van der Waals surface area contributed by atoms with E-state index < -0.39 is 0 Å². The molecule has 4 heteroatoms. The first-order chi connectivity index (χ1) is 5.13. The van der Waals surface area contributed by atoms with Crippen LogP contribution in [0, 0.1) is 11.8 Å². The van der Waals surface area contributed by atoms with Crippen LogP contribution in [0.2, 0.25) is 0 Å². The fourth-order valence-corrected chi connectivity index (χ4v) is 6.70. The van der Waals surface area contributed by atoms with E-state index in [0.717, 1.165) is 11.8 Å². The molecule has 0 aromatic heterocycles. The van der Waals surface area contributed by atoms with Gasteiger partial charge in [-0.05, 0) is 18.3 Å². The molecular weight excluding hydrogens is 404 g/mol. The second kappa shape index (κ2) is 3.25. The van der Waals surface area contributed by atoms with E-state index in [1.807, 2.05) is 0 Å². The molecule has 2 aliphatic rings. The van der Waals surface area contributed by atoms with E-state index in [2.05, 4.69) is 63.7 Å². The predicted molar refractivity (Wildman–Crippen MR) is 62.5 cm³/mol. The molecule has 0 spiro atoms. The van der Waals surface area contributed by atoms with Crippen molar-refractivity contribution in [2.45, 2.75) is 25.7 Å². The maximum Gasteiger partial charge on any atom is 0.0313 e. The van der Waals surface area contributed by atoms with Gasteiger partial charge in [-0.3, -0.25) is 0 Å². The lowest BCUT2D eigenvalue weighted by molar-refractivity contribution is 0.551. The Morgan fingerprint density at radius 2 is 0.909 bits per heavy atom. The monoisotopic (exact) mass is 408 g/mol. The van der Waals surface area contributed by atoms with Crippen LogP contribution in [0.15, 0.2) is 0 Å². The summed E-state index contributed by atoms with van der Waals surface area (Å²) in [5, 5.41) is 0. The Balaban J connectivity index is 2.21. The molecule has 0 amide bonds. The summed E-state index contributed by atoms with van der Waals surface area (Å²) in [6.07, 6.45) is 1.34. The van der Waals surface area contributed by atoms with E-state index in [1.54, 1.807) is 0 Å². The molecule has 4 atom stereocenters. The van der Waals surface area contributed by atoms with Crippen LogP contribution >= 0.6 is 63.7 Å². The van der Waals surface area contributed by atoms with Crippen LogP contribution in [-0.4, -0.2) is 19.3 Å². The molecular formula is C7H8Br4. The van der Waals surface area contributed by atoms with Crippen LogP contribution in [0.1, 0.15) is 6.42 Å². The van der Waals surface area contributed by atoms with Crippen LogP contribution in [0.4, 0.5) is 0 Å². The molecule has 0 radical (unpaired) electrons. The standard InChI is InChI=1S/C7H8Br4/c8-4-2-1-3(6(4)10)7(11)5(2)9/h2-7H,1H2. The molecule has 0 aromatic rings. The third-order valence-electron chi connectivity index (χ3n) is 2.79. The maximum absolute atomic E-state index is 3.73. The molecule has 2 fully saturated rings. The molecule has 2 aliphatic carbocycles. The highest BCUT2D eigenvalue weighted by atomic mass is 79.9. The molecule has 0 nitrogen and oxygen atoms in total. The van der Waals surface area contributed by atoms with Gasteiger partial charge in [0.05, 0.1) is 0 Å². The molecule has 2 saturated carbocycles. The Morgan fingerprint density at radius 1 is 0.636 bits per heavy atom. The van der Waals surface area contributed by atoms with Crippen molar-refractivity contribution in [1.29, 1.82) is 0 Å². The molecule has 11 heavy (non-hydrogen) atoms. The van der Waals surface area contributed by atoms with Gasteiger partial charge in [0.15, 0.2) is 0 Å². The van der Waals surface area contributed by atoms with Gasteiger partial charge in [-0.2, -0.15) is 0 Å². The molecule has 0 aromatic carbocycles. The molecule has 2 rings (SSSR count). The SMILES string of the molecule is BrC1C(Br)C2CC1C(Br)C2Br. The maximum atomic E-state index is 3.73. The van der Waals surface area contributed by atoms with E-state index in [9.17, 15) is 0 Å². The van der Waals surface area contributed by atoms with Gasteiger partial charge < -0.3 is 0 Å². The second-order valence-electron chi connectivity index (χ2n) is 3.34. The summed E-state index contributed by atoms with van der Waals surface area (Å²) in [6, 6.07) is 0. The number of alkyl halides is 4. The van der Waals surface area contributed by atoms with Crippen molar-refractivity contribution in [3.8, 4) is 0 Å². The fourth-order valence-electron chi connectivity index (χ4n) is 2.13. The van der Waals surface area contributed by atoms with Crippen LogP contribution in [0.25, 0.3) is 0 Å². The van der Waals surface area contributed by atoms with Crippen LogP contribution in [-0.2, 0) is 0 Å². The van der Waals surface area contributed by atoms with Crippen molar-refractivity contribution in [3.05, 3.63) is 0 Å². The summed E-state index contributed by atoms with van der Waals surface area (Å²) in [4.78, 5) is 2.63. The van der Waals surface area contributed by atoms with E-state index in [1.165, 1.54) is 6.42 Å². The number of fused-ring (bicyclic) bond motifs is 2. The molecule has 0 saturated heterocycles. The van der Waals surface area contributed by atoms with Crippen molar-refractivity contribution in [2.24, 2.45) is 11.8 Å². The first-order valence-corrected chi connectivity index (χ1v) is 7.35. The Hall–Kier alpha value is 1.92. The largest absolute Gasteiger partial charge is 0.0875 e. The Bertz CT molecular complexity index is 138. The summed E-state index contributed by atoms with van der Waals surface area (Å²) in [6.45, 7) is 0. The van der Waals surface area contributed by atoms with Gasteiger partial charge in [-0.1, -0.05) is 63.7 Å². The van der Waals surface area contributed by atoms with E-state index in [-0.39, 0.29) is 0 Å². The average Bonchev–Trinajstić information content (AvgIpc) is 2.40. The number of rotatable bonds is 0. The highest BCUT2D eigenvalue weighted by Gasteiger charge is 2.54. The van der Waals surface area contributed by atoms with Crippen LogP contribution < -0.4 is 0 Å². The summed E-state index contributed by atoms with van der Waals surface area (Å²) in [7, 11) is 0. The fraction of sp³-hybridized carbons (Fsp3) is 1.00. The highest BCUT2D eigenvalue weighted by molar-refractivity contribution is 9.13. The van der Waals surface area contributed by atoms with Gasteiger partial charge in [0.2, 0.25) is 0 Å². The summed E-state index contributed by atoms with van der Waals surface area (Å²) in [5.74, 6) is 1.60. The lowest BCUT2D eigenvalue weighted by Crippen LogP contribution is -2.36. The first kappa shape index (κ1) is 9.47. The minimum Gasteiger partial charge on any atom is -0.0875 e. The van der Waals surface area contributed by atoms with Gasteiger partial charge in [0.1, 0.15) is 0 Å². The van der Waals surface area contributed by atoms with Crippen molar-refractivity contribution in [3.63, 3.8) is 0 Å². The predicted octanol–water partition coefficient (Wildman–Crippen LogP) is 3.69. The van der Waals surface area contributed by atoms with Crippen LogP contribution in [0.5, 0.6) is 0 Å². The van der Waals surface area contributed by atoms with E-state index >= 15 is 0 Å². The molecule has 64 valence electrons. The van der Waals surface area contributed by atoms with Gasteiger partial charge in [0, 0.05) is 19.3 Å². The molecule has 0 heterocycles. The number of halogens is 4. The average molecular weight is 412 g/mol. The zero-order chi connectivity index (χ0) is 8.17. The zero-order valence-electron chi connectivity index (χ0n) is 5.68.